The van der Waals surface area contributed by atoms with Crippen LogP contribution in [-0.2, 0) is 5.41 Å². The number of hydrogen-bond donors (Lipinski definition) is 3. The number of fused-ring (bicyclic) bond motifs is 1. The van der Waals surface area contributed by atoms with Crippen LogP contribution in [0.2, 0.25) is 5.15 Å². The van der Waals surface area contributed by atoms with Gasteiger partial charge in [-0.1, -0.05) is 32.4 Å². The van der Waals surface area contributed by atoms with Crippen LogP contribution in [0.5, 0.6) is 23.0 Å². The van der Waals surface area contributed by atoms with Gasteiger partial charge in [0.05, 0.1) is 19.7 Å². The third-order valence-corrected chi connectivity index (χ3v) is 6.41. The Labute approximate surface area is 242 Å². The van der Waals surface area contributed by atoms with Gasteiger partial charge in [0.2, 0.25) is 0 Å². The number of ether oxygens (including phenoxy) is 3. The maximum atomic E-state index is 13.0. The van der Waals surface area contributed by atoms with Crippen LogP contribution in [0, 0.1) is 0 Å². The molecule has 5 aromatic rings. The molecule has 41 heavy (non-hydrogen) atoms. The molecule has 10 nitrogen and oxygen atoms in total. The molecule has 0 saturated carbocycles. The van der Waals surface area contributed by atoms with Crippen molar-refractivity contribution in [3.05, 3.63) is 78.0 Å². The van der Waals surface area contributed by atoms with Gasteiger partial charge >= 0.3 is 6.03 Å². The zero-order valence-corrected chi connectivity index (χ0v) is 24.0. The second-order valence-corrected chi connectivity index (χ2v) is 10.6. The molecule has 0 aliphatic heterocycles. The Morgan fingerprint density at radius 2 is 1.59 bits per heavy atom. The van der Waals surface area contributed by atoms with E-state index in [0.29, 0.717) is 50.9 Å². The van der Waals surface area contributed by atoms with Crippen molar-refractivity contribution in [2.75, 3.05) is 24.9 Å². The standard InChI is InChI=1S/C30H29ClN6O4/c1-30(2,3)28-35-26(17-10-12-33-25(31)14-17)27(36-28)37-29(38)34-18-6-8-19(9-7-18)41-22-11-13-32-21-16-24(40-5)23(39-4)15-20(21)22/h6-16H,1-5H3,(H,35,36)(H2,34,37,38). The number of methoxy groups -OCH3 is 2. The summed E-state index contributed by atoms with van der Waals surface area (Å²) in [5.74, 6) is 3.51. The summed E-state index contributed by atoms with van der Waals surface area (Å²) in [5, 5.41) is 6.82. The predicted molar refractivity (Wildman–Crippen MR) is 160 cm³/mol. The van der Waals surface area contributed by atoms with E-state index in [1.165, 1.54) is 0 Å². The van der Waals surface area contributed by atoms with Crippen LogP contribution < -0.4 is 24.8 Å². The summed E-state index contributed by atoms with van der Waals surface area (Å²) in [7, 11) is 3.15. The van der Waals surface area contributed by atoms with Crippen molar-refractivity contribution in [2.24, 2.45) is 0 Å². The highest BCUT2D eigenvalue weighted by Gasteiger charge is 2.23. The number of urea groups is 1. The van der Waals surface area contributed by atoms with Crippen molar-refractivity contribution in [3.8, 4) is 34.3 Å². The molecular formula is C30H29ClN6O4. The number of anilines is 2. The lowest BCUT2D eigenvalue weighted by molar-refractivity contribution is 0.262. The van der Waals surface area contributed by atoms with E-state index in [0.717, 1.165) is 16.8 Å². The molecule has 2 aromatic carbocycles. The molecule has 3 heterocycles. The zero-order valence-electron chi connectivity index (χ0n) is 23.2. The monoisotopic (exact) mass is 572 g/mol. The van der Waals surface area contributed by atoms with Crippen molar-refractivity contribution in [1.29, 1.82) is 0 Å². The van der Waals surface area contributed by atoms with Crippen molar-refractivity contribution < 1.29 is 19.0 Å². The molecule has 0 aliphatic rings. The highest BCUT2D eigenvalue weighted by molar-refractivity contribution is 6.29. The second kappa shape index (κ2) is 11.3. The van der Waals surface area contributed by atoms with Crippen molar-refractivity contribution in [3.63, 3.8) is 0 Å². The third kappa shape index (κ3) is 6.17. The number of rotatable bonds is 7. The zero-order chi connectivity index (χ0) is 29.1. The molecule has 3 N–H and O–H groups in total. The van der Waals surface area contributed by atoms with E-state index >= 15 is 0 Å². The Morgan fingerprint density at radius 1 is 0.878 bits per heavy atom. The van der Waals surface area contributed by atoms with Crippen LogP contribution in [0.3, 0.4) is 0 Å². The Bertz CT molecular complexity index is 1710. The minimum atomic E-state index is -0.439. The number of benzene rings is 2. The molecule has 210 valence electrons. The normalized spacial score (nSPS) is 11.3. The van der Waals surface area contributed by atoms with E-state index < -0.39 is 6.03 Å². The Balaban J connectivity index is 1.32. The number of carbonyl (C=O) groups excluding carboxylic acids is 1. The number of halogens is 1. The van der Waals surface area contributed by atoms with Gasteiger partial charge in [0.15, 0.2) is 11.5 Å². The van der Waals surface area contributed by atoms with Crippen LogP contribution >= 0.6 is 11.6 Å². The number of pyridine rings is 2. The first-order chi connectivity index (χ1) is 19.6. The largest absolute Gasteiger partial charge is 0.493 e. The van der Waals surface area contributed by atoms with Crippen LogP contribution in [-0.4, -0.2) is 40.2 Å². The average molecular weight is 573 g/mol. The van der Waals surface area contributed by atoms with Gasteiger partial charge in [-0.3, -0.25) is 10.3 Å². The fourth-order valence-corrected chi connectivity index (χ4v) is 4.30. The maximum Gasteiger partial charge on any atom is 0.324 e. The number of amides is 2. The molecule has 3 aromatic heterocycles. The number of nitrogens with zero attached hydrogens (tertiary/aromatic N) is 3. The average Bonchev–Trinajstić information content (AvgIpc) is 3.38. The lowest BCUT2D eigenvalue weighted by Crippen LogP contribution is -2.20. The molecule has 5 rings (SSSR count). The number of carbonyl (C=O) groups is 1. The number of nitrogens with one attached hydrogen (secondary N) is 3. The van der Waals surface area contributed by atoms with Gasteiger partial charge in [-0.15, -0.1) is 0 Å². The molecule has 11 heteroatoms. The number of imidazole rings is 1. The van der Waals surface area contributed by atoms with E-state index in [-0.39, 0.29) is 5.41 Å². The fourth-order valence-electron chi connectivity index (χ4n) is 4.12. The molecule has 0 aliphatic carbocycles. The number of aromatic amines is 1. The van der Waals surface area contributed by atoms with E-state index in [1.54, 1.807) is 75.1 Å². The molecule has 0 atom stereocenters. The minimum Gasteiger partial charge on any atom is -0.493 e. The summed E-state index contributed by atoms with van der Waals surface area (Å²) in [6, 6.07) is 15.5. The van der Waals surface area contributed by atoms with Gasteiger partial charge in [-0.05, 0) is 48.5 Å². The minimum absolute atomic E-state index is 0.269. The predicted octanol–water partition coefficient (Wildman–Crippen LogP) is 7.42. The number of hydrogen-bond acceptors (Lipinski definition) is 7. The maximum absolute atomic E-state index is 13.0. The molecule has 0 bridgehead atoms. The summed E-state index contributed by atoms with van der Waals surface area (Å²) < 4.78 is 16.9. The van der Waals surface area contributed by atoms with Gasteiger partial charge in [-0.2, -0.15) is 0 Å². The lowest BCUT2D eigenvalue weighted by atomic mass is 9.96. The number of aromatic nitrogens is 4. The Kier molecular flexibility index (Phi) is 7.67. The first-order valence-corrected chi connectivity index (χ1v) is 13.1. The quantitative estimate of drug-likeness (QED) is 0.173. The van der Waals surface area contributed by atoms with Crippen molar-refractivity contribution in [2.45, 2.75) is 26.2 Å². The van der Waals surface area contributed by atoms with E-state index in [4.69, 9.17) is 30.8 Å². The van der Waals surface area contributed by atoms with Crippen LogP contribution in [0.25, 0.3) is 22.2 Å². The van der Waals surface area contributed by atoms with Crippen LogP contribution in [0.4, 0.5) is 16.3 Å². The highest BCUT2D eigenvalue weighted by Crippen LogP contribution is 2.37. The van der Waals surface area contributed by atoms with E-state index in [9.17, 15) is 4.79 Å². The first-order valence-electron chi connectivity index (χ1n) is 12.7. The molecular weight excluding hydrogens is 544 g/mol. The van der Waals surface area contributed by atoms with Gasteiger partial charge in [0.1, 0.15) is 34.0 Å². The first kappa shape index (κ1) is 27.7. The molecule has 0 radical (unpaired) electrons. The van der Waals surface area contributed by atoms with Gasteiger partial charge in [0, 0.05) is 40.5 Å². The molecule has 0 fully saturated rings. The molecule has 2 amide bonds. The topological polar surface area (TPSA) is 123 Å². The molecule has 0 unspecified atom stereocenters. The second-order valence-electron chi connectivity index (χ2n) is 10.2. The number of H-pyrrole nitrogens is 1. The van der Waals surface area contributed by atoms with Crippen molar-refractivity contribution >= 4 is 40.0 Å². The Morgan fingerprint density at radius 3 is 2.27 bits per heavy atom. The third-order valence-electron chi connectivity index (χ3n) is 6.20. The van der Waals surface area contributed by atoms with E-state index in [2.05, 4.69) is 25.6 Å². The van der Waals surface area contributed by atoms with E-state index in [1.807, 2.05) is 26.8 Å². The fraction of sp³-hybridized carbons (Fsp3) is 0.200. The summed E-state index contributed by atoms with van der Waals surface area (Å²) in [5.41, 5.74) is 2.31. The summed E-state index contributed by atoms with van der Waals surface area (Å²) in [6.07, 6.45) is 3.26. The van der Waals surface area contributed by atoms with Gasteiger partial charge < -0.3 is 24.5 Å². The molecule has 0 spiro atoms. The highest BCUT2D eigenvalue weighted by atomic mass is 35.5. The van der Waals surface area contributed by atoms with Crippen LogP contribution in [0.15, 0.2) is 67.0 Å². The van der Waals surface area contributed by atoms with Crippen molar-refractivity contribution in [1.82, 2.24) is 19.9 Å². The summed E-state index contributed by atoms with van der Waals surface area (Å²) >= 11 is 6.10. The smallest absolute Gasteiger partial charge is 0.324 e. The SMILES string of the molecule is COc1cc2nccc(Oc3ccc(NC(=O)Nc4[nH]c(C(C)(C)C)nc4-c4ccnc(Cl)c4)cc3)c2cc1OC. The Hall–Kier alpha value is -4.83. The summed E-state index contributed by atoms with van der Waals surface area (Å²) in [4.78, 5) is 29.4. The van der Waals surface area contributed by atoms with Gasteiger partial charge in [-0.25, -0.2) is 14.8 Å². The summed E-state index contributed by atoms with van der Waals surface area (Å²) in [6.45, 7) is 6.10. The van der Waals surface area contributed by atoms with Gasteiger partial charge in [0.25, 0.3) is 0 Å². The molecule has 0 saturated heterocycles. The lowest BCUT2D eigenvalue weighted by Gasteiger charge is -2.14. The van der Waals surface area contributed by atoms with Crippen LogP contribution in [0.1, 0.15) is 26.6 Å².